The summed E-state index contributed by atoms with van der Waals surface area (Å²) in [5.74, 6) is -0.389. The summed E-state index contributed by atoms with van der Waals surface area (Å²) >= 11 is 0. The molecule has 0 saturated heterocycles. The molecule has 1 N–H and O–H groups in total. The number of aromatic nitrogens is 4. The van der Waals surface area contributed by atoms with E-state index in [4.69, 9.17) is 4.74 Å². The zero-order valence-electron chi connectivity index (χ0n) is 19.2. The molecule has 13 heteroatoms. The summed E-state index contributed by atoms with van der Waals surface area (Å²) in [6.07, 6.45) is -7.56. The van der Waals surface area contributed by atoms with E-state index in [9.17, 15) is 36.7 Å². The Morgan fingerprint density at radius 3 is 2.35 bits per heavy atom. The highest BCUT2D eigenvalue weighted by Gasteiger charge is 2.40. The topological polar surface area (TPSA) is 96.8 Å². The summed E-state index contributed by atoms with van der Waals surface area (Å²) in [7, 11) is 2.63. The summed E-state index contributed by atoms with van der Waals surface area (Å²) in [6.45, 7) is 0. The van der Waals surface area contributed by atoms with Gasteiger partial charge in [-0.3, -0.25) is 4.98 Å². The van der Waals surface area contributed by atoms with Crippen LogP contribution in [0.2, 0.25) is 0 Å². The summed E-state index contributed by atoms with van der Waals surface area (Å²) in [5.41, 5.74) is -4.55. The van der Waals surface area contributed by atoms with Crippen LogP contribution in [0, 0.1) is 11.3 Å². The third-order valence-electron chi connectivity index (χ3n) is 5.80. The maximum absolute atomic E-state index is 13.4. The van der Waals surface area contributed by atoms with Crippen LogP contribution in [-0.4, -0.2) is 37.9 Å². The van der Waals surface area contributed by atoms with Crippen molar-refractivity contribution in [1.82, 2.24) is 19.5 Å². The van der Waals surface area contributed by atoms with Gasteiger partial charge in [0.15, 0.2) is 5.60 Å². The lowest BCUT2D eigenvalue weighted by molar-refractivity contribution is -0.141. The first-order valence-electron chi connectivity index (χ1n) is 10.5. The number of hydrogen-bond donors (Lipinski definition) is 1. The Morgan fingerprint density at radius 2 is 1.78 bits per heavy atom. The first kappa shape index (κ1) is 25.9. The van der Waals surface area contributed by atoms with Crippen molar-refractivity contribution in [2.24, 2.45) is 7.05 Å². The maximum Gasteiger partial charge on any atom is 0.433 e. The van der Waals surface area contributed by atoms with E-state index in [0.29, 0.717) is 6.07 Å². The van der Waals surface area contributed by atoms with Crippen molar-refractivity contribution >= 4 is 10.9 Å². The van der Waals surface area contributed by atoms with Crippen LogP contribution < -0.4 is 4.74 Å². The van der Waals surface area contributed by atoms with Crippen LogP contribution >= 0.6 is 0 Å². The Labute approximate surface area is 205 Å². The first-order valence-corrected chi connectivity index (χ1v) is 10.5. The van der Waals surface area contributed by atoms with Crippen LogP contribution in [0.5, 0.6) is 5.88 Å². The van der Waals surface area contributed by atoms with E-state index in [1.54, 1.807) is 6.07 Å². The minimum atomic E-state index is -4.81. The summed E-state index contributed by atoms with van der Waals surface area (Å²) in [4.78, 5) is 11.4. The smallest absolute Gasteiger partial charge is 0.433 e. The number of alkyl halides is 6. The van der Waals surface area contributed by atoms with Gasteiger partial charge >= 0.3 is 12.4 Å². The predicted octanol–water partition coefficient (Wildman–Crippen LogP) is 4.65. The average molecular weight is 521 g/mol. The minimum Gasteiger partial charge on any atom is -0.481 e. The summed E-state index contributed by atoms with van der Waals surface area (Å²) < 4.78 is 86.5. The van der Waals surface area contributed by atoms with Crippen molar-refractivity contribution in [3.8, 4) is 11.9 Å². The third kappa shape index (κ3) is 4.67. The molecule has 7 nitrogen and oxygen atoms in total. The van der Waals surface area contributed by atoms with E-state index < -0.39 is 35.6 Å². The molecule has 0 bridgehead atoms. The zero-order chi connectivity index (χ0) is 27.2. The van der Waals surface area contributed by atoms with E-state index in [1.807, 2.05) is 0 Å². The zero-order valence-corrected chi connectivity index (χ0v) is 19.2. The molecule has 0 radical (unpaired) electrons. The number of nitrogens with zero attached hydrogens (tertiary/aromatic N) is 5. The summed E-state index contributed by atoms with van der Waals surface area (Å²) in [5, 5.41) is 21.7. The van der Waals surface area contributed by atoms with Crippen molar-refractivity contribution in [2.75, 3.05) is 7.11 Å². The predicted molar refractivity (Wildman–Crippen MR) is 117 cm³/mol. The molecule has 192 valence electrons. The number of methoxy groups -OCH3 is 1. The Balaban J connectivity index is 2.04. The highest BCUT2D eigenvalue weighted by atomic mass is 19.4. The molecule has 0 fully saturated rings. The number of aryl methyl sites for hydroxylation is 1. The van der Waals surface area contributed by atoms with Crippen LogP contribution in [0.4, 0.5) is 26.3 Å². The molecule has 4 rings (SSSR count). The maximum atomic E-state index is 13.4. The van der Waals surface area contributed by atoms with Gasteiger partial charge in [0, 0.05) is 24.2 Å². The van der Waals surface area contributed by atoms with E-state index in [2.05, 4.69) is 15.0 Å². The molecule has 37 heavy (non-hydrogen) atoms. The normalized spacial score (nSPS) is 13.8. The van der Waals surface area contributed by atoms with E-state index in [1.165, 1.54) is 48.4 Å². The number of imidazole rings is 1. The molecule has 4 aromatic rings. The number of rotatable bonds is 5. The molecule has 0 spiro atoms. The van der Waals surface area contributed by atoms with Crippen molar-refractivity contribution in [1.29, 1.82) is 5.26 Å². The number of ether oxygens (including phenoxy) is 1. The number of benzene rings is 1. The Kier molecular flexibility index (Phi) is 6.33. The van der Waals surface area contributed by atoms with Crippen molar-refractivity contribution in [3.05, 3.63) is 82.7 Å². The Morgan fingerprint density at radius 1 is 1.08 bits per heavy atom. The van der Waals surface area contributed by atoms with Gasteiger partial charge in [0.1, 0.15) is 11.8 Å². The summed E-state index contributed by atoms with van der Waals surface area (Å²) in [6, 6.07) is 7.50. The molecule has 0 aliphatic heterocycles. The van der Waals surface area contributed by atoms with Gasteiger partial charge < -0.3 is 14.4 Å². The lowest BCUT2D eigenvalue weighted by Gasteiger charge is -2.30. The first-order chi connectivity index (χ1) is 17.3. The number of pyridine rings is 2. The quantitative estimate of drug-likeness (QED) is 0.384. The minimum absolute atomic E-state index is 0.0376. The standard InChI is InChI=1S/C24H17F6N5O2/c1-35-12-32-11-20(35)23(36,14-5-6-33-19(8-14)24(28,29)30)13-3-4-18-15(7-13)17(10-31)16(9-22(25,26)27)21(34-18)37-2/h3-8,11-12,36H,9H2,1-2H3/t23-/m1/s1. The molecule has 0 aliphatic rings. The van der Waals surface area contributed by atoms with Crippen LogP contribution in [0.25, 0.3) is 10.9 Å². The largest absolute Gasteiger partial charge is 0.481 e. The second-order valence-electron chi connectivity index (χ2n) is 8.14. The molecule has 0 unspecified atom stereocenters. The second-order valence-corrected chi connectivity index (χ2v) is 8.14. The lowest BCUT2D eigenvalue weighted by atomic mass is 9.82. The van der Waals surface area contributed by atoms with Gasteiger partial charge in [-0.2, -0.15) is 31.6 Å². The number of fused-ring (bicyclic) bond motifs is 1. The van der Waals surface area contributed by atoms with Crippen molar-refractivity contribution in [2.45, 2.75) is 24.4 Å². The molecule has 0 saturated carbocycles. The molecule has 1 aromatic carbocycles. The van der Waals surface area contributed by atoms with E-state index >= 15 is 0 Å². The molecular weight excluding hydrogens is 504 g/mol. The van der Waals surface area contributed by atoms with Gasteiger partial charge in [0.05, 0.1) is 42.8 Å². The number of nitriles is 1. The molecule has 3 aromatic heterocycles. The third-order valence-corrected chi connectivity index (χ3v) is 5.80. The molecular formula is C24H17F6N5O2. The molecule has 3 heterocycles. The lowest BCUT2D eigenvalue weighted by Crippen LogP contribution is -2.32. The highest BCUT2D eigenvalue weighted by Crippen LogP contribution is 2.41. The molecule has 0 aliphatic carbocycles. The van der Waals surface area contributed by atoms with Gasteiger partial charge in [0.25, 0.3) is 0 Å². The van der Waals surface area contributed by atoms with Crippen LogP contribution in [0.3, 0.4) is 0 Å². The Bertz CT molecular complexity index is 1520. The van der Waals surface area contributed by atoms with Crippen molar-refractivity contribution < 1.29 is 36.2 Å². The van der Waals surface area contributed by atoms with Crippen LogP contribution in [-0.2, 0) is 25.2 Å². The van der Waals surface area contributed by atoms with E-state index in [0.717, 1.165) is 13.3 Å². The second kappa shape index (κ2) is 9.04. The van der Waals surface area contributed by atoms with E-state index in [-0.39, 0.29) is 39.2 Å². The number of halogens is 6. The fourth-order valence-corrected chi connectivity index (χ4v) is 4.15. The molecule has 1 atom stereocenters. The highest BCUT2D eigenvalue weighted by molar-refractivity contribution is 5.88. The average Bonchev–Trinajstić information content (AvgIpc) is 3.27. The van der Waals surface area contributed by atoms with Crippen LogP contribution in [0.15, 0.2) is 49.1 Å². The molecule has 0 amide bonds. The Hall–Kier alpha value is -4.18. The number of hydrogen-bond acceptors (Lipinski definition) is 6. The SMILES string of the molecule is COc1nc2ccc([C@@](O)(c3ccnc(C(F)(F)F)c3)c3cncn3C)cc2c(C#N)c1CC(F)(F)F. The fourth-order valence-electron chi connectivity index (χ4n) is 4.15. The van der Waals surface area contributed by atoms with Gasteiger partial charge in [-0.25, -0.2) is 9.97 Å². The van der Waals surface area contributed by atoms with Crippen molar-refractivity contribution in [3.63, 3.8) is 0 Å². The number of aliphatic hydroxyl groups is 1. The van der Waals surface area contributed by atoms with Crippen LogP contribution in [0.1, 0.15) is 33.6 Å². The monoisotopic (exact) mass is 521 g/mol. The van der Waals surface area contributed by atoms with Gasteiger partial charge in [-0.1, -0.05) is 6.07 Å². The van der Waals surface area contributed by atoms with Gasteiger partial charge in [-0.15, -0.1) is 0 Å². The van der Waals surface area contributed by atoms with Gasteiger partial charge in [-0.05, 0) is 35.4 Å². The fraction of sp³-hybridized carbons (Fsp3) is 0.250. The van der Waals surface area contributed by atoms with Gasteiger partial charge in [0.2, 0.25) is 5.88 Å².